The van der Waals surface area contributed by atoms with E-state index in [0.29, 0.717) is 16.8 Å². The van der Waals surface area contributed by atoms with Crippen LogP contribution in [0.3, 0.4) is 0 Å². The monoisotopic (exact) mass is 318 g/mol. The highest BCUT2D eigenvalue weighted by Gasteiger charge is 2.24. The summed E-state index contributed by atoms with van der Waals surface area (Å²) in [6, 6.07) is 7.58. The van der Waals surface area contributed by atoms with E-state index in [0.717, 1.165) is 18.5 Å². The van der Waals surface area contributed by atoms with Gasteiger partial charge in [-0.05, 0) is 37.1 Å². The Hall–Kier alpha value is -1.88. The van der Waals surface area contributed by atoms with Gasteiger partial charge in [0.25, 0.3) is 5.91 Å². The van der Waals surface area contributed by atoms with Gasteiger partial charge in [-0.15, -0.1) is 5.10 Å². The molecule has 5 nitrogen and oxygen atoms in total. The third kappa shape index (κ3) is 3.14. The number of rotatable bonds is 3. The van der Waals surface area contributed by atoms with Gasteiger partial charge in [-0.3, -0.25) is 4.79 Å². The molecule has 0 saturated heterocycles. The predicted octanol–water partition coefficient (Wildman–Crippen LogP) is 3.33. The van der Waals surface area contributed by atoms with Crippen LogP contribution in [0.15, 0.2) is 30.5 Å². The fourth-order valence-corrected chi connectivity index (χ4v) is 3.02. The average Bonchev–Trinajstić information content (AvgIpc) is 3.05. The molecule has 0 aliphatic heterocycles. The Morgan fingerprint density at radius 2 is 1.91 bits per heavy atom. The molecule has 116 valence electrons. The summed E-state index contributed by atoms with van der Waals surface area (Å²) < 4.78 is 1.60. The van der Waals surface area contributed by atoms with Crippen molar-refractivity contribution in [2.45, 2.75) is 38.1 Å². The molecule has 3 rings (SSSR count). The van der Waals surface area contributed by atoms with Crippen molar-refractivity contribution < 1.29 is 4.79 Å². The number of amides is 1. The SMILES string of the molecule is CN(C(=O)c1cn(-c2ccc(Cl)cc2)nn1)C1CCCCC1. The van der Waals surface area contributed by atoms with E-state index in [1.807, 2.05) is 24.1 Å². The molecule has 1 heterocycles. The summed E-state index contributed by atoms with van der Waals surface area (Å²) in [6.45, 7) is 0. The van der Waals surface area contributed by atoms with Crippen LogP contribution in [-0.2, 0) is 0 Å². The number of carbonyl (C=O) groups is 1. The Morgan fingerprint density at radius 3 is 2.59 bits per heavy atom. The maximum absolute atomic E-state index is 12.5. The lowest BCUT2D eigenvalue weighted by Gasteiger charge is -2.30. The van der Waals surface area contributed by atoms with Crippen LogP contribution in [0.4, 0.5) is 0 Å². The molecule has 0 atom stereocenters. The molecule has 0 N–H and O–H groups in total. The van der Waals surface area contributed by atoms with Crippen LogP contribution in [0.2, 0.25) is 5.02 Å². The minimum atomic E-state index is -0.0629. The van der Waals surface area contributed by atoms with Crippen molar-refractivity contribution in [2.24, 2.45) is 0 Å². The second-order valence-corrected chi connectivity index (χ2v) is 6.17. The molecule has 1 amide bonds. The minimum Gasteiger partial charge on any atom is -0.337 e. The molecule has 1 aliphatic carbocycles. The zero-order valence-electron chi connectivity index (χ0n) is 12.6. The average molecular weight is 319 g/mol. The zero-order chi connectivity index (χ0) is 15.5. The summed E-state index contributed by atoms with van der Waals surface area (Å²) in [5, 5.41) is 8.72. The Morgan fingerprint density at radius 1 is 1.23 bits per heavy atom. The quantitative estimate of drug-likeness (QED) is 0.872. The summed E-state index contributed by atoms with van der Waals surface area (Å²) in [6.07, 6.45) is 7.48. The van der Waals surface area contributed by atoms with Crippen LogP contribution in [-0.4, -0.2) is 38.9 Å². The summed E-state index contributed by atoms with van der Waals surface area (Å²) in [5.74, 6) is -0.0629. The smallest absolute Gasteiger partial charge is 0.276 e. The molecule has 22 heavy (non-hydrogen) atoms. The molecular formula is C16H19ClN4O. The molecule has 1 saturated carbocycles. The minimum absolute atomic E-state index is 0.0629. The Bertz CT molecular complexity index is 646. The molecule has 1 fully saturated rings. The van der Waals surface area contributed by atoms with Gasteiger partial charge in [-0.2, -0.15) is 0 Å². The van der Waals surface area contributed by atoms with Crippen molar-refractivity contribution in [1.82, 2.24) is 19.9 Å². The highest BCUT2D eigenvalue weighted by Crippen LogP contribution is 2.22. The van der Waals surface area contributed by atoms with Crippen molar-refractivity contribution in [1.29, 1.82) is 0 Å². The first-order chi connectivity index (χ1) is 10.6. The van der Waals surface area contributed by atoms with Gasteiger partial charge in [0.05, 0.1) is 11.9 Å². The van der Waals surface area contributed by atoms with Crippen molar-refractivity contribution >= 4 is 17.5 Å². The first-order valence-electron chi connectivity index (χ1n) is 7.60. The topological polar surface area (TPSA) is 51.0 Å². The van der Waals surface area contributed by atoms with Crippen LogP contribution in [0, 0.1) is 0 Å². The van der Waals surface area contributed by atoms with E-state index in [2.05, 4.69) is 10.3 Å². The number of halogens is 1. The number of nitrogens with zero attached hydrogens (tertiary/aromatic N) is 4. The van der Waals surface area contributed by atoms with Crippen molar-refractivity contribution in [2.75, 3.05) is 7.05 Å². The third-order valence-corrected chi connectivity index (χ3v) is 4.50. The maximum atomic E-state index is 12.5. The van der Waals surface area contributed by atoms with E-state index in [1.54, 1.807) is 23.0 Å². The lowest BCUT2D eigenvalue weighted by molar-refractivity contribution is 0.0690. The highest BCUT2D eigenvalue weighted by atomic mass is 35.5. The number of benzene rings is 1. The van der Waals surface area contributed by atoms with Crippen molar-refractivity contribution in [3.05, 3.63) is 41.2 Å². The number of hydrogen-bond donors (Lipinski definition) is 0. The van der Waals surface area contributed by atoms with Gasteiger partial charge in [-0.25, -0.2) is 4.68 Å². The normalized spacial score (nSPS) is 15.7. The van der Waals surface area contributed by atoms with Gasteiger partial charge in [0.1, 0.15) is 0 Å². The van der Waals surface area contributed by atoms with Gasteiger partial charge < -0.3 is 4.90 Å². The summed E-state index contributed by atoms with van der Waals surface area (Å²) in [7, 11) is 1.86. The number of hydrogen-bond acceptors (Lipinski definition) is 3. The zero-order valence-corrected chi connectivity index (χ0v) is 13.3. The van der Waals surface area contributed by atoms with Crippen LogP contribution < -0.4 is 0 Å². The van der Waals surface area contributed by atoms with Gasteiger partial charge in [0.15, 0.2) is 5.69 Å². The molecule has 0 unspecified atom stereocenters. The first kappa shape index (κ1) is 15.0. The largest absolute Gasteiger partial charge is 0.337 e. The van der Waals surface area contributed by atoms with Crippen LogP contribution >= 0.6 is 11.6 Å². The van der Waals surface area contributed by atoms with Crippen LogP contribution in [0.5, 0.6) is 0 Å². The third-order valence-electron chi connectivity index (χ3n) is 4.25. The molecule has 6 heteroatoms. The van der Waals surface area contributed by atoms with E-state index in [-0.39, 0.29) is 5.91 Å². The molecule has 0 radical (unpaired) electrons. The number of aromatic nitrogens is 3. The molecule has 2 aromatic rings. The summed E-state index contributed by atoms with van der Waals surface area (Å²) in [4.78, 5) is 14.3. The second kappa shape index (κ2) is 6.48. The molecule has 1 aromatic heterocycles. The van der Waals surface area contributed by atoms with E-state index in [4.69, 9.17) is 11.6 Å². The Labute approximate surface area is 134 Å². The van der Waals surface area contributed by atoms with Crippen LogP contribution in [0.1, 0.15) is 42.6 Å². The molecule has 0 bridgehead atoms. The predicted molar refractivity (Wildman–Crippen MR) is 85.3 cm³/mol. The van der Waals surface area contributed by atoms with Gasteiger partial charge in [0, 0.05) is 18.1 Å². The number of carbonyl (C=O) groups excluding carboxylic acids is 1. The Kier molecular flexibility index (Phi) is 4.43. The second-order valence-electron chi connectivity index (χ2n) is 5.73. The molecule has 0 spiro atoms. The summed E-state index contributed by atoms with van der Waals surface area (Å²) in [5.41, 5.74) is 1.21. The van der Waals surface area contributed by atoms with Crippen LogP contribution in [0.25, 0.3) is 5.69 Å². The lowest BCUT2D eigenvalue weighted by Crippen LogP contribution is -2.38. The Balaban J connectivity index is 1.75. The van der Waals surface area contributed by atoms with Gasteiger partial charge in [0.2, 0.25) is 0 Å². The highest BCUT2D eigenvalue weighted by molar-refractivity contribution is 6.30. The van der Waals surface area contributed by atoms with Crippen molar-refractivity contribution in [3.63, 3.8) is 0 Å². The lowest BCUT2D eigenvalue weighted by atomic mass is 9.94. The molecule has 1 aliphatic rings. The molecule has 1 aromatic carbocycles. The van der Waals surface area contributed by atoms with Gasteiger partial charge in [-0.1, -0.05) is 36.1 Å². The standard InChI is InChI=1S/C16H19ClN4O/c1-20(13-5-3-2-4-6-13)16(22)15-11-21(19-18-15)14-9-7-12(17)8-10-14/h7-11,13H,2-6H2,1H3. The molecular weight excluding hydrogens is 300 g/mol. The van der Waals surface area contributed by atoms with E-state index >= 15 is 0 Å². The fourth-order valence-electron chi connectivity index (χ4n) is 2.90. The van der Waals surface area contributed by atoms with Crippen molar-refractivity contribution in [3.8, 4) is 5.69 Å². The maximum Gasteiger partial charge on any atom is 0.276 e. The van der Waals surface area contributed by atoms with E-state index < -0.39 is 0 Å². The summed E-state index contributed by atoms with van der Waals surface area (Å²) >= 11 is 5.88. The first-order valence-corrected chi connectivity index (χ1v) is 7.98. The van der Waals surface area contributed by atoms with E-state index in [1.165, 1.54) is 19.3 Å². The van der Waals surface area contributed by atoms with Gasteiger partial charge >= 0.3 is 0 Å². The van der Waals surface area contributed by atoms with E-state index in [9.17, 15) is 4.79 Å². The fraction of sp³-hybridized carbons (Fsp3) is 0.438.